The van der Waals surface area contributed by atoms with Crippen molar-refractivity contribution >= 4 is 29.1 Å². The van der Waals surface area contributed by atoms with Gasteiger partial charge in [-0.2, -0.15) is 0 Å². The number of aliphatic carboxylic acids is 1. The maximum absolute atomic E-state index is 12.4. The monoisotopic (exact) mass is 349 g/mol. The first kappa shape index (κ1) is 18.2. The first-order valence-corrected chi connectivity index (χ1v) is 8.61. The van der Waals surface area contributed by atoms with Crippen molar-refractivity contribution in [3.05, 3.63) is 32.5 Å². The Kier molecular flexibility index (Phi) is 5.43. The summed E-state index contributed by atoms with van der Waals surface area (Å²) in [6.07, 6.45) is 0.645. The standard InChI is InChI=1S/C17H22N2O4S/c1-8-5-12(13(17(22)23)6-9(8)2)15(20)18-19-16(21)14-7-24-11(4)10(14)3/h7,12-13H,5-6H2,1-4H3,(H,18,20)(H,19,21)(H,22,23)/p-1/t12-,13-/m0/s1. The Morgan fingerprint density at radius 2 is 1.62 bits per heavy atom. The fourth-order valence-corrected chi connectivity index (χ4v) is 3.70. The molecule has 24 heavy (non-hydrogen) atoms. The van der Waals surface area contributed by atoms with Gasteiger partial charge in [0.15, 0.2) is 0 Å². The number of thiophene rings is 1. The minimum absolute atomic E-state index is 0.295. The zero-order chi connectivity index (χ0) is 18.0. The van der Waals surface area contributed by atoms with E-state index < -0.39 is 29.6 Å². The van der Waals surface area contributed by atoms with Gasteiger partial charge in [0.25, 0.3) is 5.91 Å². The topological polar surface area (TPSA) is 98.3 Å². The van der Waals surface area contributed by atoms with Crippen LogP contribution < -0.4 is 16.0 Å². The van der Waals surface area contributed by atoms with Gasteiger partial charge in [0, 0.05) is 22.1 Å². The van der Waals surface area contributed by atoms with Gasteiger partial charge in [-0.1, -0.05) is 11.1 Å². The molecule has 0 saturated heterocycles. The molecule has 0 spiro atoms. The molecule has 0 aliphatic heterocycles. The molecule has 6 nitrogen and oxygen atoms in total. The number of hydrazine groups is 1. The van der Waals surface area contributed by atoms with Crippen LogP contribution in [0.5, 0.6) is 0 Å². The molecule has 1 aliphatic carbocycles. The molecule has 1 heterocycles. The lowest BCUT2D eigenvalue weighted by molar-refractivity contribution is -0.313. The van der Waals surface area contributed by atoms with Crippen LogP contribution in [-0.4, -0.2) is 17.8 Å². The van der Waals surface area contributed by atoms with Gasteiger partial charge >= 0.3 is 0 Å². The van der Waals surface area contributed by atoms with Crippen LogP contribution in [0.25, 0.3) is 0 Å². The molecule has 2 atom stereocenters. The third-order valence-electron chi connectivity index (χ3n) is 4.74. The first-order valence-electron chi connectivity index (χ1n) is 7.73. The number of amides is 2. The summed E-state index contributed by atoms with van der Waals surface area (Å²) in [6.45, 7) is 7.51. The summed E-state index contributed by atoms with van der Waals surface area (Å²) in [5.41, 5.74) is 8.08. The van der Waals surface area contributed by atoms with Crippen LogP contribution in [-0.2, 0) is 9.59 Å². The molecule has 1 aliphatic rings. The Hall–Kier alpha value is -2.15. The number of hydrogen-bond acceptors (Lipinski definition) is 5. The summed E-state index contributed by atoms with van der Waals surface area (Å²) in [5.74, 6) is -3.78. The van der Waals surface area contributed by atoms with E-state index in [4.69, 9.17) is 0 Å². The highest BCUT2D eigenvalue weighted by molar-refractivity contribution is 7.10. The SMILES string of the molecule is CC1=C(C)C[C@H](C(=O)NNC(=O)c2csc(C)c2C)[C@@H](C(=O)[O-])C1. The minimum atomic E-state index is -1.24. The van der Waals surface area contributed by atoms with Crippen LogP contribution in [0.3, 0.4) is 0 Å². The highest BCUT2D eigenvalue weighted by Crippen LogP contribution is 2.33. The zero-order valence-corrected chi connectivity index (χ0v) is 15.0. The highest BCUT2D eigenvalue weighted by Gasteiger charge is 2.33. The lowest BCUT2D eigenvalue weighted by Crippen LogP contribution is -2.50. The van der Waals surface area contributed by atoms with Crippen molar-refractivity contribution in [2.24, 2.45) is 11.8 Å². The Bertz CT molecular complexity index is 720. The molecule has 0 fully saturated rings. The predicted molar refractivity (Wildman–Crippen MR) is 89.0 cm³/mol. The van der Waals surface area contributed by atoms with Gasteiger partial charge < -0.3 is 9.90 Å². The average molecular weight is 349 g/mol. The van der Waals surface area contributed by atoms with Gasteiger partial charge in [-0.05, 0) is 46.1 Å². The number of nitrogens with one attached hydrogen (secondary N) is 2. The summed E-state index contributed by atoms with van der Waals surface area (Å²) in [7, 11) is 0. The third kappa shape index (κ3) is 3.67. The van der Waals surface area contributed by atoms with Crippen molar-refractivity contribution in [3.8, 4) is 0 Å². The van der Waals surface area contributed by atoms with Crippen LogP contribution in [0.4, 0.5) is 0 Å². The van der Waals surface area contributed by atoms with Crippen LogP contribution in [0.2, 0.25) is 0 Å². The van der Waals surface area contributed by atoms with Gasteiger partial charge in [-0.25, -0.2) is 0 Å². The van der Waals surface area contributed by atoms with Crippen LogP contribution in [0.15, 0.2) is 16.5 Å². The molecular formula is C17H21N2O4S-. The maximum Gasteiger partial charge on any atom is 0.270 e. The van der Waals surface area contributed by atoms with Crippen molar-refractivity contribution in [3.63, 3.8) is 0 Å². The van der Waals surface area contributed by atoms with Crippen molar-refractivity contribution < 1.29 is 19.5 Å². The first-order chi connectivity index (χ1) is 11.2. The third-order valence-corrected chi connectivity index (χ3v) is 5.75. The van der Waals surface area contributed by atoms with E-state index in [1.807, 2.05) is 27.7 Å². The van der Waals surface area contributed by atoms with E-state index in [9.17, 15) is 19.5 Å². The van der Waals surface area contributed by atoms with Gasteiger partial charge in [0.05, 0.1) is 11.5 Å². The Morgan fingerprint density at radius 1 is 1.04 bits per heavy atom. The number of aryl methyl sites for hydroxylation is 1. The van der Waals surface area contributed by atoms with Crippen molar-refractivity contribution in [1.82, 2.24) is 10.9 Å². The van der Waals surface area contributed by atoms with E-state index in [0.29, 0.717) is 18.4 Å². The Balaban J connectivity index is 2.04. The molecule has 2 N–H and O–H groups in total. The van der Waals surface area contributed by atoms with E-state index in [1.54, 1.807) is 5.38 Å². The van der Waals surface area contributed by atoms with E-state index in [0.717, 1.165) is 21.6 Å². The van der Waals surface area contributed by atoms with Crippen molar-refractivity contribution in [2.45, 2.75) is 40.5 Å². The molecule has 2 rings (SSSR count). The zero-order valence-electron chi connectivity index (χ0n) is 14.2. The lowest BCUT2D eigenvalue weighted by atomic mass is 9.76. The lowest BCUT2D eigenvalue weighted by Gasteiger charge is -2.32. The Morgan fingerprint density at radius 3 is 2.12 bits per heavy atom. The van der Waals surface area contributed by atoms with Crippen molar-refractivity contribution in [1.29, 1.82) is 0 Å². The van der Waals surface area contributed by atoms with E-state index >= 15 is 0 Å². The molecule has 1 aromatic rings. The van der Waals surface area contributed by atoms with Gasteiger partial charge in [0.2, 0.25) is 5.91 Å². The van der Waals surface area contributed by atoms with Gasteiger partial charge in [-0.3, -0.25) is 20.4 Å². The number of carbonyl (C=O) groups is 3. The predicted octanol–water partition coefficient (Wildman–Crippen LogP) is 1.24. The van der Waals surface area contributed by atoms with Gasteiger partial charge in [0.1, 0.15) is 0 Å². The fraction of sp³-hybridized carbons (Fsp3) is 0.471. The molecule has 0 aromatic carbocycles. The van der Waals surface area contributed by atoms with E-state index in [-0.39, 0.29) is 0 Å². The summed E-state index contributed by atoms with van der Waals surface area (Å²) in [6, 6.07) is 0. The number of carboxylic acid groups (broad SMARTS) is 1. The summed E-state index contributed by atoms with van der Waals surface area (Å²) >= 11 is 1.46. The molecular weight excluding hydrogens is 328 g/mol. The average Bonchev–Trinajstić information content (AvgIpc) is 2.86. The molecule has 0 unspecified atom stereocenters. The molecule has 7 heteroatoms. The normalized spacial score (nSPS) is 20.7. The Labute approximate surface area is 144 Å². The summed E-state index contributed by atoms with van der Waals surface area (Å²) < 4.78 is 0. The number of rotatable bonds is 3. The number of allylic oxidation sites excluding steroid dienone is 2. The van der Waals surface area contributed by atoms with Gasteiger partial charge in [-0.15, -0.1) is 11.3 Å². The molecule has 1 aromatic heterocycles. The number of carboxylic acids is 1. The number of hydrogen-bond donors (Lipinski definition) is 2. The smallest absolute Gasteiger partial charge is 0.270 e. The van der Waals surface area contributed by atoms with Crippen LogP contribution >= 0.6 is 11.3 Å². The highest BCUT2D eigenvalue weighted by atomic mass is 32.1. The quantitative estimate of drug-likeness (QED) is 0.633. The van der Waals surface area contributed by atoms with E-state index in [2.05, 4.69) is 10.9 Å². The number of carbonyl (C=O) groups excluding carboxylic acids is 3. The molecule has 0 bridgehead atoms. The molecule has 2 amide bonds. The fourth-order valence-electron chi connectivity index (χ4n) is 2.83. The second-order valence-electron chi connectivity index (χ2n) is 6.27. The molecule has 130 valence electrons. The van der Waals surface area contributed by atoms with Crippen LogP contribution in [0, 0.1) is 25.7 Å². The van der Waals surface area contributed by atoms with E-state index in [1.165, 1.54) is 11.3 Å². The molecule has 0 radical (unpaired) electrons. The summed E-state index contributed by atoms with van der Waals surface area (Å²) in [4.78, 5) is 36.9. The maximum atomic E-state index is 12.4. The second kappa shape index (κ2) is 7.17. The minimum Gasteiger partial charge on any atom is -0.550 e. The van der Waals surface area contributed by atoms with Crippen molar-refractivity contribution in [2.75, 3.05) is 0 Å². The summed E-state index contributed by atoms with van der Waals surface area (Å²) in [5, 5.41) is 13.1. The second-order valence-corrected chi connectivity index (χ2v) is 7.36. The molecule has 0 saturated carbocycles. The largest absolute Gasteiger partial charge is 0.550 e. The van der Waals surface area contributed by atoms with Crippen LogP contribution in [0.1, 0.15) is 47.5 Å².